The van der Waals surface area contributed by atoms with E-state index in [1.165, 1.54) is 14.0 Å². The summed E-state index contributed by atoms with van der Waals surface area (Å²) in [5.74, 6) is -3.56. The van der Waals surface area contributed by atoms with E-state index in [2.05, 4.69) is 26.8 Å². The molecule has 0 aromatic heterocycles. The SMILES string of the molecule is C=C(C)B(O)O.C=C(C)c1cc(C(=O)OC)ccc1C(F)(F)F.COC(=O)c1ccc(C(F)(F)F)c(OS(=O)(=O)C(F)(F)F)c1. The second-order valence-electron chi connectivity index (χ2n) is 8.43. The Labute approximate surface area is 250 Å². The van der Waals surface area contributed by atoms with Gasteiger partial charge in [0.15, 0.2) is 5.75 Å². The zero-order valence-corrected chi connectivity index (χ0v) is 24.3. The first-order valence-corrected chi connectivity index (χ1v) is 12.9. The lowest BCUT2D eigenvalue weighted by Crippen LogP contribution is -2.29. The Hall–Kier alpha value is -4.04. The quantitative estimate of drug-likeness (QED) is 0.127. The van der Waals surface area contributed by atoms with Crippen LogP contribution in [-0.4, -0.2) is 57.3 Å². The number of allylic oxidation sites excluding steroid dienone is 2. The minimum absolute atomic E-state index is 0.0681. The number of carbonyl (C=O) groups is 2. The van der Waals surface area contributed by atoms with Crippen LogP contribution in [0.2, 0.25) is 0 Å². The van der Waals surface area contributed by atoms with E-state index in [9.17, 15) is 57.5 Å². The summed E-state index contributed by atoms with van der Waals surface area (Å²) in [5.41, 5.74) is -8.58. The van der Waals surface area contributed by atoms with Crippen molar-refractivity contribution < 1.29 is 81.2 Å². The van der Waals surface area contributed by atoms with Gasteiger partial charge in [-0.25, -0.2) is 9.59 Å². The number of ether oxygens (including phenoxy) is 2. The second kappa shape index (κ2) is 15.8. The molecule has 45 heavy (non-hydrogen) atoms. The molecule has 0 atom stereocenters. The third-order valence-corrected chi connectivity index (χ3v) is 5.80. The van der Waals surface area contributed by atoms with Crippen molar-refractivity contribution in [3.63, 3.8) is 0 Å². The van der Waals surface area contributed by atoms with Crippen molar-refractivity contribution in [3.8, 4) is 5.75 Å². The number of alkyl halides is 9. The number of carbonyl (C=O) groups excluding carboxylic acids is 2. The normalized spacial score (nSPS) is 11.5. The Bertz CT molecular complexity index is 1500. The zero-order chi connectivity index (χ0) is 35.7. The monoisotopic (exact) mass is 682 g/mol. The highest BCUT2D eigenvalue weighted by atomic mass is 32.2. The van der Waals surface area contributed by atoms with Crippen LogP contribution in [0, 0.1) is 0 Å². The molecule has 0 fully saturated rings. The van der Waals surface area contributed by atoms with Gasteiger partial charge in [0.2, 0.25) is 0 Å². The number of halogens is 9. The molecule has 2 rings (SSSR count). The Morgan fingerprint density at radius 1 is 0.756 bits per heavy atom. The number of methoxy groups -OCH3 is 2. The summed E-state index contributed by atoms with van der Waals surface area (Å²) in [6.45, 7) is 9.72. The molecule has 2 aromatic carbocycles. The van der Waals surface area contributed by atoms with E-state index in [0.717, 1.165) is 25.3 Å². The van der Waals surface area contributed by atoms with Crippen molar-refractivity contribution in [3.05, 3.63) is 82.8 Å². The molecule has 0 bridgehead atoms. The van der Waals surface area contributed by atoms with Crippen LogP contribution in [0.25, 0.3) is 5.57 Å². The Morgan fingerprint density at radius 2 is 1.13 bits per heavy atom. The first kappa shape index (κ1) is 41.0. The summed E-state index contributed by atoms with van der Waals surface area (Å²) < 4.78 is 146. The molecule has 0 unspecified atom stereocenters. The predicted molar refractivity (Wildman–Crippen MR) is 141 cm³/mol. The van der Waals surface area contributed by atoms with Gasteiger partial charge in [-0.15, -0.1) is 6.58 Å². The summed E-state index contributed by atoms with van der Waals surface area (Å²) in [6, 6.07) is 4.07. The maximum atomic E-state index is 12.7. The van der Waals surface area contributed by atoms with Gasteiger partial charge in [-0.2, -0.15) is 47.9 Å². The third-order valence-electron chi connectivity index (χ3n) is 4.84. The summed E-state index contributed by atoms with van der Waals surface area (Å²) in [4.78, 5) is 22.4. The minimum atomic E-state index is -6.33. The Balaban J connectivity index is 0.000000744. The summed E-state index contributed by atoms with van der Waals surface area (Å²) >= 11 is 0. The van der Waals surface area contributed by atoms with Gasteiger partial charge in [-0.3, -0.25) is 0 Å². The van der Waals surface area contributed by atoms with Crippen LogP contribution in [0.5, 0.6) is 5.75 Å². The molecular weight excluding hydrogens is 658 g/mol. The van der Waals surface area contributed by atoms with Crippen LogP contribution in [-0.2, 0) is 31.9 Å². The molecule has 0 amide bonds. The van der Waals surface area contributed by atoms with Crippen molar-refractivity contribution in [1.29, 1.82) is 0 Å². The topological polar surface area (TPSA) is 136 Å². The maximum absolute atomic E-state index is 12.7. The molecule has 0 aliphatic heterocycles. The molecule has 2 N–H and O–H groups in total. The minimum Gasteiger partial charge on any atom is -0.465 e. The van der Waals surface area contributed by atoms with Crippen LogP contribution in [0.4, 0.5) is 39.5 Å². The van der Waals surface area contributed by atoms with Gasteiger partial charge in [-0.1, -0.05) is 17.6 Å². The van der Waals surface area contributed by atoms with Crippen molar-refractivity contribution in [2.45, 2.75) is 31.7 Å². The van der Waals surface area contributed by atoms with Gasteiger partial charge in [0.1, 0.15) is 0 Å². The highest BCUT2D eigenvalue weighted by Gasteiger charge is 2.50. The number of hydrogen-bond acceptors (Lipinski definition) is 9. The van der Waals surface area contributed by atoms with E-state index < -0.39 is 69.5 Å². The third kappa shape index (κ3) is 12.5. The number of rotatable bonds is 6. The second-order valence-corrected chi connectivity index (χ2v) is 9.97. The fourth-order valence-corrected chi connectivity index (χ4v) is 3.09. The molecule has 0 saturated carbocycles. The maximum Gasteiger partial charge on any atom is 0.534 e. The van der Waals surface area contributed by atoms with E-state index in [1.807, 2.05) is 0 Å². The van der Waals surface area contributed by atoms with Crippen molar-refractivity contribution in [2.24, 2.45) is 0 Å². The zero-order valence-electron chi connectivity index (χ0n) is 23.5. The lowest BCUT2D eigenvalue weighted by Gasteiger charge is -2.15. The van der Waals surface area contributed by atoms with Crippen LogP contribution >= 0.6 is 0 Å². The van der Waals surface area contributed by atoms with E-state index in [-0.39, 0.29) is 28.8 Å². The van der Waals surface area contributed by atoms with E-state index >= 15 is 0 Å². The Morgan fingerprint density at radius 3 is 1.44 bits per heavy atom. The average Bonchev–Trinajstić information content (AvgIpc) is 2.90. The van der Waals surface area contributed by atoms with E-state index in [4.69, 9.17) is 10.0 Å². The molecular formula is C25H24BF9O9S. The molecule has 0 aliphatic carbocycles. The van der Waals surface area contributed by atoms with Crippen molar-refractivity contribution in [2.75, 3.05) is 14.2 Å². The smallest absolute Gasteiger partial charge is 0.465 e. The van der Waals surface area contributed by atoms with Gasteiger partial charge >= 0.3 is 47.0 Å². The molecule has 0 aliphatic rings. The van der Waals surface area contributed by atoms with Crippen LogP contribution in [0.15, 0.2) is 55.0 Å². The first-order valence-electron chi connectivity index (χ1n) is 11.5. The van der Waals surface area contributed by atoms with E-state index in [1.54, 1.807) is 6.92 Å². The fraction of sp³-hybridized carbons (Fsp3) is 0.280. The van der Waals surface area contributed by atoms with Gasteiger partial charge in [-0.05, 0) is 55.8 Å². The highest BCUT2D eigenvalue weighted by Crippen LogP contribution is 2.39. The molecule has 0 radical (unpaired) electrons. The number of hydrogen-bond donors (Lipinski definition) is 2. The molecule has 20 heteroatoms. The van der Waals surface area contributed by atoms with E-state index in [0.29, 0.717) is 11.5 Å². The van der Waals surface area contributed by atoms with Crippen LogP contribution in [0.3, 0.4) is 0 Å². The molecule has 2 aromatic rings. The van der Waals surface area contributed by atoms with Crippen LogP contribution < -0.4 is 4.18 Å². The lowest BCUT2D eigenvalue weighted by molar-refractivity contribution is -0.139. The van der Waals surface area contributed by atoms with Gasteiger partial charge in [0, 0.05) is 0 Å². The Kier molecular flexibility index (Phi) is 14.4. The molecule has 0 saturated heterocycles. The highest BCUT2D eigenvalue weighted by molar-refractivity contribution is 7.88. The lowest BCUT2D eigenvalue weighted by atomic mass is 9.82. The predicted octanol–water partition coefficient (Wildman–Crippen LogP) is 5.82. The molecule has 250 valence electrons. The summed E-state index contributed by atoms with van der Waals surface area (Å²) in [7, 11) is -5.64. The van der Waals surface area contributed by atoms with Crippen LogP contribution in [0.1, 0.15) is 51.3 Å². The average molecular weight is 682 g/mol. The van der Waals surface area contributed by atoms with Crippen molar-refractivity contribution >= 4 is 34.7 Å². The van der Waals surface area contributed by atoms with Gasteiger partial charge < -0.3 is 23.7 Å². The molecule has 0 heterocycles. The van der Waals surface area contributed by atoms with Gasteiger partial charge in [0.05, 0.1) is 36.5 Å². The number of benzene rings is 2. The first-order chi connectivity index (χ1) is 20.2. The molecule has 9 nitrogen and oxygen atoms in total. The summed E-state index contributed by atoms with van der Waals surface area (Å²) in [6.07, 6.45) is -9.67. The molecule has 0 spiro atoms. The largest absolute Gasteiger partial charge is 0.534 e. The van der Waals surface area contributed by atoms with Gasteiger partial charge in [0.25, 0.3) is 0 Å². The fourth-order valence-electron chi connectivity index (χ4n) is 2.63. The summed E-state index contributed by atoms with van der Waals surface area (Å²) in [5, 5.41) is 16.2. The standard InChI is InChI=1S/C12H11F3O2.C10H6F6O5S.C3H7BO2/c1-7(2)9-6-8(11(16)17-3)4-5-10(9)12(13,14)15;1-20-8(17)5-2-3-6(9(11,12)13)7(4-5)21-22(18,19)10(14,15)16;1-3(2)4(5)6/h4-6H,1H2,2-3H3;2-4H,1H3;5-6H,1H2,2H3. The number of esters is 2. The van der Waals surface area contributed by atoms with Crippen molar-refractivity contribution in [1.82, 2.24) is 0 Å².